The average molecular weight is 285 g/mol. The highest BCUT2D eigenvalue weighted by atomic mass is 15.1. The van der Waals surface area contributed by atoms with E-state index in [2.05, 4.69) is 38.4 Å². The second-order valence-electron chi connectivity index (χ2n) is 5.36. The van der Waals surface area contributed by atoms with Gasteiger partial charge >= 0.3 is 0 Å². The molecule has 3 rings (SSSR count). The minimum atomic E-state index is 0.426. The molecule has 3 aromatic heterocycles. The number of fused-ring (bicyclic) bond motifs is 1. The molecule has 0 fully saturated rings. The van der Waals surface area contributed by atoms with Crippen LogP contribution in [0.4, 0.5) is 5.82 Å². The number of rotatable bonds is 5. The van der Waals surface area contributed by atoms with Gasteiger partial charge in [0.05, 0.1) is 6.33 Å². The number of hydrogen-bond acceptors (Lipinski definition) is 5. The summed E-state index contributed by atoms with van der Waals surface area (Å²) < 4.78 is 4.21. The lowest BCUT2D eigenvalue weighted by Gasteiger charge is -2.10. The molecule has 0 aromatic carbocycles. The predicted molar refractivity (Wildman–Crippen MR) is 80.7 cm³/mol. The summed E-state index contributed by atoms with van der Waals surface area (Å²) in [6.07, 6.45) is 8.11. The third-order valence-electron chi connectivity index (χ3n) is 3.49. The molecule has 3 aromatic rings. The second-order valence-corrected chi connectivity index (χ2v) is 5.36. The molecule has 0 aliphatic carbocycles. The summed E-state index contributed by atoms with van der Waals surface area (Å²) in [4.78, 5) is 16.9. The van der Waals surface area contributed by atoms with Crippen molar-refractivity contribution in [1.29, 1.82) is 0 Å². The van der Waals surface area contributed by atoms with Crippen LogP contribution in [0.15, 0.2) is 25.0 Å². The molecule has 7 heteroatoms. The molecule has 110 valence electrons. The van der Waals surface area contributed by atoms with E-state index in [1.54, 1.807) is 6.33 Å². The molecular formula is C14H19N7. The zero-order valence-corrected chi connectivity index (χ0v) is 12.3. The number of nitrogens with zero attached hydrogens (tertiary/aromatic N) is 6. The number of anilines is 1. The molecule has 2 N–H and O–H groups in total. The van der Waals surface area contributed by atoms with Gasteiger partial charge in [0.1, 0.15) is 17.7 Å². The van der Waals surface area contributed by atoms with Crippen LogP contribution in [0.25, 0.3) is 11.2 Å². The van der Waals surface area contributed by atoms with Crippen LogP contribution in [0, 0.1) is 0 Å². The lowest BCUT2D eigenvalue weighted by Crippen LogP contribution is -2.08. The summed E-state index contributed by atoms with van der Waals surface area (Å²) in [6.45, 7) is 6.07. The summed E-state index contributed by atoms with van der Waals surface area (Å²) in [6, 6.07) is 0. The highest BCUT2D eigenvalue weighted by Crippen LogP contribution is 2.15. The van der Waals surface area contributed by atoms with Crippen LogP contribution in [-0.2, 0) is 13.1 Å². The monoisotopic (exact) mass is 285 g/mol. The van der Waals surface area contributed by atoms with Gasteiger partial charge in [-0.1, -0.05) is 13.8 Å². The number of imidazole rings is 2. The van der Waals surface area contributed by atoms with Gasteiger partial charge in [-0.05, 0) is 6.42 Å². The summed E-state index contributed by atoms with van der Waals surface area (Å²) in [7, 11) is 0. The van der Waals surface area contributed by atoms with E-state index in [-0.39, 0.29) is 0 Å². The molecule has 0 spiro atoms. The number of hydrogen-bond donors (Lipinski definition) is 1. The Kier molecular flexibility index (Phi) is 3.55. The van der Waals surface area contributed by atoms with Crippen molar-refractivity contribution in [3.63, 3.8) is 0 Å². The fourth-order valence-electron chi connectivity index (χ4n) is 2.48. The van der Waals surface area contributed by atoms with Gasteiger partial charge in [0.15, 0.2) is 11.5 Å². The molecule has 0 amide bonds. The van der Waals surface area contributed by atoms with Gasteiger partial charge in [0, 0.05) is 31.4 Å². The Morgan fingerprint density at radius 1 is 1.10 bits per heavy atom. The lowest BCUT2D eigenvalue weighted by atomic mass is 10.2. The van der Waals surface area contributed by atoms with Gasteiger partial charge in [-0.3, -0.25) is 0 Å². The van der Waals surface area contributed by atoms with Crippen LogP contribution >= 0.6 is 0 Å². The van der Waals surface area contributed by atoms with Gasteiger partial charge in [0.2, 0.25) is 0 Å². The van der Waals surface area contributed by atoms with Gasteiger partial charge in [-0.2, -0.15) is 0 Å². The maximum absolute atomic E-state index is 5.79. The van der Waals surface area contributed by atoms with E-state index < -0.39 is 0 Å². The molecule has 0 unspecified atom stereocenters. The van der Waals surface area contributed by atoms with E-state index in [0.717, 1.165) is 31.0 Å². The molecular weight excluding hydrogens is 266 g/mol. The maximum atomic E-state index is 5.79. The first-order valence-corrected chi connectivity index (χ1v) is 7.09. The van der Waals surface area contributed by atoms with E-state index in [0.29, 0.717) is 17.3 Å². The molecule has 3 heterocycles. The highest BCUT2D eigenvalue weighted by Gasteiger charge is 2.09. The minimum absolute atomic E-state index is 0.426. The summed E-state index contributed by atoms with van der Waals surface area (Å²) in [5.41, 5.74) is 7.25. The Morgan fingerprint density at radius 3 is 2.71 bits per heavy atom. The van der Waals surface area contributed by atoms with Crippen molar-refractivity contribution in [3.8, 4) is 0 Å². The molecule has 0 bridgehead atoms. The molecule has 0 aliphatic heterocycles. The number of aromatic nitrogens is 6. The van der Waals surface area contributed by atoms with Gasteiger partial charge < -0.3 is 14.9 Å². The van der Waals surface area contributed by atoms with E-state index in [1.807, 2.05) is 17.0 Å². The van der Waals surface area contributed by atoms with Crippen molar-refractivity contribution < 1.29 is 0 Å². The Balaban J connectivity index is 1.70. The first kappa shape index (κ1) is 13.5. The number of nitrogen functional groups attached to an aromatic ring is 1. The van der Waals surface area contributed by atoms with Crippen molar-refractivity contribution in [1.82, 2.24) is 29.1 Å². The zero-order valence-electron chi connectivity index (χ0n) is 12.3. The van der Waals surface area contributed by atoms with Gasteiger partial charge in [-0.25, -0.2) is 19.9 Å². The summed E-state index contributed by atoms with van der Waals surface area (Å²) in [5.74, 6) is 1.98. The van der Waals surface area contributed by atoms with Crippen molar-refractivity contribution >= 4 is 17.0 Å². The van der Waals surface area contributed by atoms with Gasteiger partial charge in [0.25, 0.3) is 0 Å². The third kappa shape index (κ3) is 2.58. The fraction of sp³-hybridized carbons (Fsp3) is 0.429. The van der Waals surface area contributed by atoms with E-state index >= 15 is 0 Å². The zero-order chi connectivity index (χ0) is 14.8. The largest absolute Gasteiger partial charge is 0.382 e. The molecule has 7 nitrogen and oxygen atoms in total. The lowest BCUT2D eigenvalue weighted by molar-refractivity contribution is 0.542. The Hall–Kier alpha value is -2.44. The normalized spacial score (nSPS) is 11.6. The average Bonchev–Trinajstić information content (AvgIpc) is 3.07. The first-order chi connectivity index (χ1) is 10.2. The second kappa shape index (κ2) is 5.51. The van der Waals surface area contributed by atoms with E-state index in [1.165, 1.54) is 6.33 Å². The Labute approximate surface area is 122 Å². The van der Waals surface area contributed by atoms with Crippen molar-refractivity contribution in [2.75, 3.05) is 5.73 Å². The fourth-order valence-corrected chi connectivity index (χ4v) is 2.48. The summed E-state index contributed by atoms with van der Waals surface area (Å²) in [5, 5.41) is 0. The molecule has 0 atom stereocenters. The molecule has 21 heavy (non-hydrogen) atoms. The van der Waals surface area contributed by atoms with Crippen LogP contribution in [0.2, 0.25) is 0 Å². The van der Waals surface area contributed by atoms with Crippen LogP contribution in [0.5, 0.6) is 0 Å². The van der Waals surface area contributed by atoms with Crippen LogP contribution in [0.3, 0.4) is 0 Å². The SMILES string of the molecule is CC(C)c1nccn1CCCn1cnc2c(N)ncnc21. The summed E-state index contributed by atoms with van der Waals surface area (Å²) >= 11 is 0. The Bertz CT molecular complexity index is 741. The quantitative estimate of drug-likeness (QED) is 0.772. The predicted octanol–water partition coefficient (Wildman–Crippen LogP) is 1.82. The molecule has 0 saturated heterocycles. The van der Waals surface area contributed by atoms with Crippen molar-refractivity contribution in [3.05, 3.63) is 30.9 Å². The van der Waals surface area contributed by atoms with Crippen molar-refractivity contribution in [2.45, 2.75) is 39.3 Å². The number of aryl methyl sites for hydroxylation is 2. The third-order valence-corrected chi connectivity index (χ3v) is 3.49. The molecule has 0 aliphatic rings. The molecule has 0 radical (unpaired) electrons. The van der Waals surface area contributed by atoms with Crippen LogP contribution < -0.4 is 5.73 Å². The molecule has 0 saturated carbocycles. The first-order valence-electron chi connectivity index (χ1n) is 7.09. The van der Waals surface area contributed by atoms with Crippen molar-refractivity contribution in [2.24, 2.45) is 0 Å². The Morgan fingerprint density at radius 2 is 1.90 bits per heavy atom. The van der Waals surface area contributed by atoms with Crippen LogP contribution in [0.1, 0.15) is 32.0 Å². The van der Waals surface area contributed by atoms with Crippen LogP contribution in [-0.4, -0.2) is 29.1 Å². The van der Waals surface area contributed by atoms with E-state index in [9.17, 15) is 0 Å². The standard InChI is InChI=1S/C14H19N7/c1-10(2)13-16-4-7-20(13)5-3-6-21-9-19-11-12(15)17-8-18-14(11)21/h4,7-10H,3,5-6H2,1-2H3,(H2,15,17,18). The van der Waals surface area contributed by atoms with E-state index in [4.69, 9.17) is 5.73 Å². The highest BCUT2D eigenvalue weighted by molar-refractivity contribution is 5.80. The smallest absolute Gasteiger partial charge is 0.165 e. The van der Waals surface area contributed by atoms with Gasteiger partial charge in [-0.15, -0.1) is 0 Å². The number of nitrogens with two attached hydrogens (primary N) is 1. The topological polar surface area (TPSA) is 87.4 Å². The minimum Gasteiger partial charge on any atom is -0.382 e. The maximum Gasteiger partial charge on any atom is 0.165 e.